The third-order valence-electron chi connectivity index (χ3n) is 3.66. The van der Waals surface area contributed by atoms with Gasteiger partial charge in [-0.1, -0.05) is 43.8 Å². The number of para-hydroxylation sites is 1. The van der Waals surface area contributed by atoms with Crippen LogP contribution in [0.15, 0.2) is 40.2 Å². The van der Waals surface area contributed by atoms with Gasteiger partial charge in [-0.2, -0.15) is 5.10 Å². The molecule has 0 spiro atoms. The van der Waals surface area contributed by atoms with Gasteiger partial charge in [-0.25, -0.2) is 4.98 Å². The van der Waals surface area contributed by atoms with Gasteiger partial charge in [0.25, 0.3) is 5.91 Å². The predicted octanol–water partition coefficient (Wildman–Crippen LogP) is 3.62. The van der Waals surface area contributed by atoms with E-state index >= 15 is 0 Å². The number of aromatic amines is 1. The highest BCUT2D eigenvalue weighted by molar-refractivity contribution is 7.98. The van der Waals surface area contributed by atoms with Crippen molar-refractivity contribution in [2.45, 2.75) is 31.2 Å². The van der Waals surface area contributed by atoms with Crippen LogP contribution in [0.3, 0.4) is 0 Å². The SMILES string of the molecule is CC(C)CCNC(=O)c1oc2ccccc2c1CSc1ncn[nH]1. The van der Waals surface area contributed by atoms with Crippen LogP contribution in [-0.4, -0.2) is 27.6 Å². The fourth-order valence-electron chi connectivity index (χ4n) is 2.38. The lowest BCUT2D eigenvalue weighted by atomic mass is 10.1. The molecule has 126 valence electrons. The van der Waals surface area contributed by atoms with Gasteiger partial charge in [0.1, 0.15) is 11.9 Å². The van der Waals surface area contributed by atoms with Gasteiger partial charge in [0.05, 0.1) is 0 Å². The highest BCUT2D eigenvalue weighted by atomic mass is 32.2. The Morgan fingerprint density at radius 2 is 2.21 bits per heavy atom. The van der Waals surface area contributed by atoms with E-state index in [2.05, 4.69) is 34.3 Å². The molecule has 6 nitrogen and oxygen atoms in total. The van der Waals surface area contributed by atoms with E-state index in [4.69, 9.17) is 4.42 Å². The molecule has 1 amide bonds. The maximum atomic E-state index is 12.5. The normalized spacial score (nSPS) is 11.3. The van der Waals surface area contributed by atoms with Crippen molar-refractivity contribution in [1.29, 1.82) is 0 Å². The summed E-state index contributed by atoms with van der Waals surface area (Å²) < 4.78 is 5.82. The molecule has 0 saturated carbocycles. The Morgan fingerprint density at radius 3 is 2.96 bits per heavy atom. The standard InChI is InChI=1S/C17H20N4O2S/c1-11(2)7-8-18-16(22)15-13(9-24-17-19-10-20-21-17)12-5-3-4-6-14(12)23-15/h3-6,10-11H,7-9H2,1-2H3,(H,18,22)(H,19,20,21). The summed E-state index contributed by atoms with van der Waals surface area (Å²) in [5.41, 5.74) is 1.61. The van der Waals surface area contributed by atoms with E-state index < -0.39 is 0 Å². The Kier molecular flexibility index (Phi) is 5.20. The summed E-state index contributed by atoms with van der Waals surface area (Å²) in [4.78, 5) is 16.6. The van der Waals surface area contributed by atoms with Gasteiger partial charge >= 0.3 is 0 Å². The van der Waals surface area contributed by atoms with Gasteiger partial charge in [0, 0.05) is 23.2 Å². The van der Waals surface area contributed by atoms with Gasteiger partial charge < -0.3 is 9.73 Å². The van der Waals surface area contributed by atoms with Crippen LogP contribution >= 0.6 is 11.8 Å². The summed E-state index contributed by atoms with van der Waals surface area (Å²) in [6.45, 7) is 4.90. The number of nitrogens with one attached hydrogen (secondary N) is 2. The van der Waals surface area contributed by atoms with Gasteiger partial charge in [0.15, 0.2) is 10.9 Å². The Labute approximate surface area is 144 Å². The zero-order valence-electron chi connectivity index (χ0n) is 13.7. The number of furan rings is 1. The molecule has 3 rings (SSSR count). The summed E-state index contributed by atoms with van der Waals surface area (Å²) in [6.07, 6.45) is 2.41. The third-order valence-corrected chi connectivity index (χ3v) is 4.56. The summed E-state index contributed by atoms with van der Waals surface area (Å²) in [5.74, 6) is 1.34. The minimum absolute atomic E-state index is 0.167. The summed E-state index contributed by atoms with van der Waals surface area (Å²) in [5, 5.41) is 11.3. The maximum Gasteiger partial charge on any atom is 0.287 e. The molecule has 0 unspecified atom stereocenters. The molecular weight excluding hydrogens is 324 g/mol. The topological polar surface area (TPSA) is 83.8 Å². The molecule has 0 radical (unpaired) electrons. The first-order chi connectivity index (χ1) is 11.6. The maximum absolute atomic E-state index is 12.5. The summed E-state index contributed by atoms with van der Waals surface area (Å²) in [7, 11) is 0. The molecule has 0 aliphatic rings. The minimum Gasteiger partial charge on any atom is -0.451 e. The Morgan fingerprint density at radius 1 is 1.38 bits per heavy atom. The summed E-state index contributed by atoms with van der Waals surface area (Å²) >= 11 is 1.49. The van der Waals surface area contributed by atoms with E-state index in [1.54, 1.807) is 0 Å². The monoisotopic (exact) mass is 344 g/mol. The number of hydrogen-bond donors (Lipinski definition) is 2. The number of nitrogens with zero attached hydrogens (tertiary/aromatic N) is 2. The van der Waals surface area contributed by atoms with Crippen LogP contribution in [0, 0.1) is 5.92 Å². The number of fused-ring (bicyclic) bond motifs is 1. The number of thioether (sulfide) groups is 1. The van der Waals surface area contributed by atoms with Crippen LogP contribution in [0.4, 0.5) is 0 Å². The molecule has 0 aliphatic heterocycles. The smallest absolute Gasteiger partial charge is 0.287 e. The molecule has 3 aromatic rings. The molecule has 0 aliphatic carbocycles. The number of amides is 1. The molecule has 1 aromatic carbocycles. The fraction of sp³-hybridized carbons (Fsp3) is 0.353. The number of hydrogen-bond acceptors (Lipinski definition) is 5. The third kappa shape index (κ3) is 3.79. The van der Waals surface area contributed by atoms with Crippen LogP contribution in [0.5, 0.6) is 0 Å². The second-order valence-corrected chi connectivity index (χ2v) is 6.89. The zero-order valence-corrected chi connectivity index (χ0v) is 14.5. The van der Waals surface area contributed by atoms with Crippen molar-refractivity contribution < 1.29 is 9.21 Å². The molecule has 2 heterocycles. The number of aromatic nitrogens is 3. The average molecular weight is 344 g/mol. The zero-order chi connectivity index (χ0) is 16.9. The number of carbonyl (C=O) groups excluding carboxylic acids is 1. The molecule has 7 heteroatoms. The van der Waals surface area contributed by atoms with Crippen LogP contribution in [0.1, 0.15) is 36.4 Å². The van der Waals surface area contributed by atoms with Gasteiger partial charge in [-0.15, -0.1) is 0 Å². The average Bonchev–Trinajstić information content (AvgIpc) is 3.20. The van der Waals surface area contributed by atoms with Crippen molar-refractivity contribution >= 4 is 28.6 Å². The Balaban J connectivity index is 1.82. The van der Waals surface area contributed by atoms with Crippen molar-refractivity contribution in [3.05, 3.63) is 41.9 Å². The first-order valence-corrected chi connectivity index (χ1v) is 8.90. The van der Waals surface area contributed by atoms with Gasteiger partial charge in [-0.05, 0) is 18.4 Å². The second kappa shape index (κ2) is 7.53. The second-order valence-electron chi connectivity index (χ2n) is 5.92. The highest BCUT2D eigenvalue weighted by Gasteiger charge is 2.20. The van der Waals surface area contributed by atoms with E-state index in [-0.39, 0.29) is 5.91 Å². The number of carbonyl (C=O) groups is 1. The fourth-order valence-corrected chi connectivity index (χ4v) is 3.19. The molecule has 2 N–H and O–H groups in total. The van der Waals surface area contributed by atoms with Crippen LogP contribution in [-0.2, 0) is 5.75 Å². The van der Waals surface area contributed by atoms with Gasteiger partial charge in [-0.3, -0.25) is 9.89 Å². The lowest BCUT2D eigenvalue weighted by Crippen LogP contribution is -2.25. The molecule has 0 atom stereocenters. The lowest BCUT2D eigenvalue weighted by molar-refractivity contribution is 0.0925. The van der Waals surface area contributed by atoms with Gasteiger partial charge in [0.2, 0.25) is 0 Å². The van der Waals surface area contributed by atoms with Crippen molar-refractivity contribution in [1.82, 2.24) is 20.5 Å². The van der Waals surface area contributed by atoms with E-state index in [0.717, 1.165) is 23.0 Å². The van der Waals surface area contributed by atoms with Crippen LogP contribution in [0.2, 0.25) is 0 Å². The van der Waals surface area contributed by atoms with Crippen molar-refractivity contribution in [3.63, 3.8) is 0 Å². The number of H-pyrrole nitrogens is 1. The Bertz CT molecular complexity index is 811. The van der Waals surface area contributed by atoms with E-state index in [1.165, 1.54) is 18.1 Å². The molecule has 0 saturated heterocycles. The van der Waals surface area contributed by atoms with Crippen LogP contribution in [0.25, 0.3) is 11.0 Å². The van der Waals surface area contributed by atoms with E-state index in [1.807, 2.05) is 24.3 Å². The number of benzene rings is 1. The number of rotatable bonds is 7. The minimum atomic E-state index is -0.167. The largest absolute Gasteiger partial charge is 0.451 e. The first-order valence-electron chi connectivity index (χ1n) is 7.92. The quantitative estimate of drug-likeness (QED) is 0.640. The molecule has 0 bridgehead atoms. The first kappa shape index (κ1) is 16.6. The van der Waals surface area contributed by atoms with Crippen molar-refractivity contribution in [2.75, 3.05) is 6.54 Å². The summed E-state index contributed by atoms with van der Waals surface area (Å²) in [6, 6.07) is 7.70. The Hall–Kier alpha value is -2.28. The predicted molar refractivity (Wildman–Crippen MR) is 93.9 cm³/mol. The molecular formula is C17H20N4O2S. The van der Waals surface area contributed by atoms with Crippen molar-refractivity contribution in [3.8, 4) is 0 Å². The van der Waals surface area contributed by atoms with E-state index in [9.17, 15) is 4.79 Å². The van der Waals surface area contributed by atoms with E-state index in [0.29, 0.717) is 29.1 Å². The van der Waals surface area contributed by atoms with Crippen LogP contribution < -0.4 is 5.32 Å². The van der Waals surface area contributed by atoms with Crippen molar-refractivity contribution in [2.24, 2.45) is 5.92 Å². The highest BCUT2D eigenvalue weighted by Crippen LogP contribution is 2.30. The molecule has 2 aromatic heterocycles. The lowest BCUT2D eigenvalue weighted by Gasteiger charge is -2.07. The molecule has 24 heavy (non-hydrogen) atoms. The molecule has 0 fully saturated rings.